The Balaban J connectivity index is 2.48. The first-order valence-electron chi connectivity index (χ1n) is 5.29. The Kier molecular flexibility index (Phi) is 2.25. The van der Waals surface area contributed by atoms with Crippen molar-refractivity contribution in [2.45, 2.75) is 32.6 Å². The summed E-state index contributed by atoms with van der Waals surface area (Å²) in [5.74, 6) is 0.629. The number of hydrogen-bond acceptors (Lipinski definition) is 3. The molecular weight excluding hydrogens is 186 g/mol. The van der Waals surface area contributed by atoms with Gasteiger partial charge in [-0.25, -0.2) is 0 Å². The van der Waals surface area contributed by atoms with Crippen molar-refractivity contribution in [2.75, 3.05) is 6.54 Å². The minimum Gasteiger partial charge on any atom is -0.383 e. The molecule has 0 saturated carbocycles. The van der Waals surface area contributed by atoms with E-state index < -0.39 is 0 Å². The molecule has 0 saturated heterocycles. The molecule has 1 aliphatic heterocycles. The van der Waals surface area contributed by atoms with E-state index >= 15 is 0 Å². The van der Waals surface area contributed by atoms with E-state index in [-0.39, 0.29) is 5.41 Å². The van der Waals surface area contributed by atoms with Crippen LogP contribution in [0.15, 0.2) is 17.1 Å². The third kappa shape index (κ3) is 1.87. The molecule has 15 heavy (non-hydrogen) atoms. The van der Waals surface area contributed by atoms with Crippen LogP contribution in [-0.4, -0.2) is 17.4 Å². The maximum atomic E-state index is 5.82. The van der Waals surface area contributed by atoms with Crippen LogP contribution in [0.1, 0.15) is 37.7 Å². The smallest absolute Gasteiger partial charge is 0.127 e. The highest BCUT2D eigenvalue weighted by molar-refractivity contribution is 5.99. The number of rotatable bonds is 0. The van der Waals surface area contributed by atoms with Crippen LogP contribution in [0, 0.1) is 0 Å². The average molecular weight is 203 g/mol. The number of aliphatic imine (C=N–C) groups is 1. The first-order chi connectivity index (χ1) is 6.98. The van der Waals surface area contributed by atoms with Gasteiger partial charge in [0.1, 0.15) is 5.84 Å². The maximum Gasteiger partial charge on any atom is 0.127 e. The lowest BCUT2D eigenvalue weighted by Crippen LogP contribution is -2.24. The van der Waals surface area contributed by atoms with E-state index in [1.807, 2.05) is 12.1 Å². The van der Waals surface area contributed by atoms with Crippen molar-refractivity contribution in [3.63, 3.8) is 0 Å². The van der Waals surface area contributed by atoms with Gasteiger partial charge in [0.25, 0.3) is 0 Å². The molecule has 1 aliphatic rings. The second-order valence-electron chi connectivity index (χ2n) is 4.96. The number of amidine groups is 1. The van der Waals surface area contributed by atoms with Crippen LogP contribution in [0.2, 0.25) is 0 Å². The van der Waals surface area contributed by atoms with Crippen molar-refractivity contribution in [2.24, 2.45) is 10.7 Å². The van der Waals surface area contributed by atoms with Gasteiger partial charge in [0.15, 0.2) is 0 Å². The summed E-state index contributed by atoms with van der Waals surface area (Å²) >= 11 is 0. The zero-order valence-electron chi connectivity index (χ0n) is 9.54. The van der Waals surface area contributed by atoms with Crippen molar-refractivity contribution in [3.8, 4) is 0 Å². The monoisotopic (exact) mass is 203 g/mol. The summed E-state index contributed by atoms with van der Waals surface area (Å²) in [6, 6.07) is 4.09. The first kappa shape index (κ1) is 10.1. The molecule has 0 fully saturated rings. The predicted molar refractivity (Wildman–Crippen MR) is 62.2 cm³/mol. The molecule has 2 rings (SSSR count). The fourth-order valence-electron chi connectivity index (χ4n) is 1.71. The Morgan fingerprint density at radius 3 is 2.67 bits per heavy atom. The predicted octanol–water partition coefficient (Wildman–Crippen LogP) is 1.64. The van der Waals surface area contributed by atoms with Gasteiger partial charge in [-0.3, -0.25) is 9.98 Å². The lowest BCUT2D eigenvalue weighted by Gasteiger charge is -2.21. The number of nitrogens with zero attached hydrogens (tertiary/aromatic N) is 2. The lowest BCUT2D eigenvalue weighted by atomic mass is 9.90. The molecule has 1 aromatic heterocycles. The van der Waals surface area contributed by atoms with Gasteiger partial charge in [-0.15, -0.1) is 0 Å². The highest BCUT2D eigenvalue weighted by Gasteiger charge is 2.19. The van der Waals surface area contributed by atoms with E-state index in [9.17, 15) is 0 Å². The van der Waals surface area contributed by atoms with Gasteiger partial charge in [-0.05, 0) is 12.1 Å². The Morgan fingerprint density at radius 2 is 2.00 bits per heavy atom. The summed E-state index contributed by atoms with van der Waals surface area (Å²) in [6.07, 6.45) is 0.903. The molecule has 0 amide bonds. The maximum absolute atomic E-state index is 5.82. The fraction of sp³-hybridized carbons (Fsp3) is 0.500. The van der Waals surface area contributed by atoms with Crippen LogP contribution in [0.25, 0.3) is 0 Å². The van der Waals surface area contributed by atoms with Crippen molar-refractivity contribution < 1.29 is 0 Å². The number of aromatic nitrogens is 1. The molecule has 0 radical (unpaired) electrons. The van der Waals surface area contributed by atoms with Crippen molar-refractivity contribution in [3.05, 3.63) is 29.1 Å². The van der Waals surface area contributed by atoms with Gasteiger partial charge in [0.05, 0.1) is 5.69 Å². The quantitative estimate of drug-likeness (QED) is 0.697. The summed E-state index contributed by atoms with van der Waals surface area (Å²) in [5.41, 5.74) is 9.13. The minimum absolute atomic E-state index is 0.0956. The standard InChI is InChI=1S/C12H17N3/c1-12(2,3)10-5-4-8-9(15-10)6-7-14-11(8)13/h4-5H,6-7H2,1-3H3,(H2,13,14). The first-order valence-corrected chi connectivity index (χ1v) is 5.29. The van der Waals surface area contributed by atoms with E-state index in [1.165, 1.54) is 0 Å². The number of fused-ring (bicyclic) bond motifs is 1. The molecule has 0 bridgehead atoms. The molecule has 0 unspecified atom stereocenters. The second kappa shape index (κ2) is 3.33. The van der Waals surface area contributed by atoms with Crippen LogP contribution in [0.4, 0.5) is 0 Å². The molecule has 3 nitrogen and oxygen atoms in total. The molecule has 1 aromatic rings. The molecule has 0 aliphatic carbocycles. The van der Waals surface area contributed by atoms with Gasteiger partial charge < -0.3 is 5.73 Å². The molecular formula is C12H17N3. The number of hydrogen-bond donors (Lipinski definition) is 1. The topological polar surface area (TPSA) is 51.3 Å². The molecule has 0 atom stereocenters. The van der Waals surface area contributed by atoms with Gasteiger partial charge in [-0.1, -0.05) is 20.8 Å². The van der Waals surface area contributed by atoms with E-state index in [0.29, 0.717) is 5.84 Å². The van der Waals surface area contributed by atoms with E-state index in [0.717, 1.165) is 29.9 Å². The van der Waals surface area contributed by atoms with Gasteiger partial charge in [0.2, 0.25) is 0 Å². The largest absolute Gasteiger partial charge is 0.383 e. The van der Waals surface area contributed by atoms with E-state index in [4.69, 9.17) is 5.73 Å². The minimum atomic E-state index is 0.0956. The van der Waals surface area contributed by atoms with Gasteiger partial charge >= 0.3 is 0 Å². The summed E-state index contributed by atoms with van der Waals surface area (Å²) in [7, 11) is 0. The van der Waals surface area contributed by atoms with Crippen LogP contribution < -0.4 is 5.73 Å². The molecule has 3 heteroatoms. The molecule has 80 valence electrons. The fourth-order valence-corrected chi connectivity index (χ4v) is 1.71. The highest BCUT2D eigenvalue weighted by atomic mass is 14.9. The van der Waals surface area contributed by atoms with Gasteiger partial charge in [-0.2, -0.15) is 0 Å². The third-order valence-electron chi connectivity index (χ3n) is 2.65. The summed E-state index contributed by atoms with van der Waals surface area (Å²) in [4.78, 5) is 8.89. The normalized spacial score (nSPS) is 15.8. The number of nitrogens with two attached hydrogens (primary N) is 1. The SMILES string of the molecule is CC(C)(C)c1ccc2c(n1)CCN=C2N. The van der Waals surface area contributed by atoms with Crippen LogP contribution >= 0.6 is 0 Å². The van der Waals surface area contributed by atoms with Gasteiger partial charge in [0, 0.05) is 29.6 Å². The highest BCUT2D eigenvalue weighted by Crippen LogP contribution is 2.22. The average Bonchev–Trinajstić information content (AvgIpc) is 2.16. The van der Waals surface area contributed by atoms with E-state index in [1.54, 1.807) is 0 Å². The summed E-state index contributed by atoms with van der Waals surface area (Å²) in [6.45, 7) is 7.27. The lowest BCUT2D eigenvalue weighted by molar-refractivity contribution is 0.565. The van der Waals surface area contributed by atoms with E-state index in [2.05, 4.69) is 30.7 Å². The second-order valence-corrected chi connectivity index (χ2v) is 4.96. The third-order valence-corrected chi connectivity index (χ3v) is 2.65. The molecule has 0 aromatic carbocycles. The van der Waals surface area contributed by atoms with Crippen LogP contribution in [-0.2, 0) is 11.8 Å². The van der Waals surface area contributed by atoms with Crippen molar-refractivity contribution in [1.29, 1.82) is 0 Å². The Hall–Kier alpha value is -1.38. The van der Waals surface area contributed by atoms with Crippen LogP contribution in [0.3, 0.4) is 0 Å². The zero-order chi connectivity index (χ0) is 11.1. The summed E-state index contributed by atoms with van der Waals surface area (Å²) < 4.78 is 0. The van der Waals surface area contributed by atoms with Crippen LogP contribution in [0.5, 0.6) is 0 Å². The van der Waals surface area contributed by atoms with Crippen molar-refractivity contribution in [1.82, 2.24) is 4.98 Å². The summed E-state index contributed by atoms with van der Waals surface area (Å²) in [5, 5.41) is 0. The molecule has 0 spiro atoms. The Bertz CT molecular complexity index is 413. The Labute approximate surface area is 90.4 Å². The molecule has 2 heterocycles. The van der Waals surface area contributed by atoms with Crippen molar-refractivity contribution >= 4 is 5.84 Å². The Morgan fingerprint density at radius 1 is 1.27 bits per heavy atom. The molecule has 2 N–H and O–H groups in total. The number of pyridine rings is 1. The zero-order valence-corrected chi connectivity index (χ0v) is 9.54.